The molecule has 6 atom stereocenters. The molecular weight excluding hydrogens is 348 g/mol. The molecule has 1 aromatic heterocycles. The van der Waals surface area contributed by atoms with E-state index in [1.165, 1.54) is 0 Å². The van der Waals surface area contributed by atoms with Crippen LogP contribution < -0.4 is 0 Å². The molecule has 0 radical (unpaired) electrons. The molecule has 1 heterocycles. The smallest absolute Gasteiger partial charge is 0.126 e. The van der Waals surface area contributed by atoms with Gasteiger partial charge in [-0.3, -0.25) is 9.97 Å². The van der Waals surface area contributed by atoms with Gasteiger partial charge in [-0.1, -0.05) is 13.3 Å². The van der Waals surface area contributed by atoms with Gasteiger partial charge in [-0.25, -0.2) is 0 Å². The first kappa shape index (κ1) is 22.8. The molecule has 0 fully saturated rings. The van der Waals surface area contributed by atoms with Crippen molar-refractivity contribution in [3.05, 3.63) is 23.8 Å². The fourth-order valence-corrected chi connectivity index (χ4v) is 2.08. The number of hydrogen-bond acceptors (Lipinski definition) is 10. The predicted octanol–water partition coefficient (Wildman–Crippen LogP) is -2.20. The van der Waals surface area contributed by atoms with Gasteiger partial charge in [0, 0.05) is 6.61 Å². The lowest BCUT2D eigenvalue weighted by molar-refractivity contribution is -0.0908. The van der Waals surface area contributed by atoms with Crippen LogP contribution in [0.4, 0.5) is 0 Å². The monoisotopic (exact) mass is 376 g/mol. The highest BCUT2D eigenvalue weighted by Crippen LogP contribution is 2.20. The molecular formula is C16H28N2O8. The van der Waals surface area contributed by atoms with Crippen molar-refractivity contribution < 1.29 is 40.5 Å². The first-order valence-corrected chi connectivity index (χ1v) is 8.42. The van der Waals surface area contributed by atoms with Crippen LogP contribution in [0.5, 0.6) is 0 Å². The zero-order valence-electron chi connectivity index (χ0n) is 14.6. The molecule has 0 saturated heterocycles. The SMILES string of the molecule is CCCCOCC(O)C(O)C(O)c1cnc(C(O)C(O)C(O)CO)cn1. The van der Waals surface area contributed by atoms with E-state index >= 15 is 0 Å². The maximum absolute atomic E-state index is 10.1. The van der Waals surface area contributed by atoms with Crippen molar-refractivity contribution in [2.75, 3.05) is 19.8 Å². The van der Waals surface area contributed by atoms with Gasteiger partial charge in [0.25, 0.3) is 0 Å². The van der Waals surface area contributed by atoms with E-state index in [2.05, 4.69) is 9.97 Å². The van der Waals surface area contributed by atoms with Gasteiger partial charge in [-0.05, 0) is 6.42 Å². The Morgan fingerprint density at radius 1 is 0.885 bits per heavy atom. The minimum atomic E-state index is -1.67. The molecule has 7 N–H and O–H groups in total. The van der Waals surface area contributed by atoms with Gasteiger partial charge in [0.1, 0.15) is 36.6 Å². The molecule has 150 valence electrons. The van der Waals surface area contributed by atoms with Crippen molar-refractivity contribution in [1.29, 1.82) is 0 Å². The Morgan fingerprint density at radius 3 is 1.81 bits per heavy atom. The van der Waals surface area contributed by atoms with Crippen LogP contribution in [-0.2, 0) is 4.74 Å². The van der Waals surface area contributed by atoms with Gasteiger partial charge >= 0.3 is 0 Å². The zero-order chi connectivity index (χ0) is 19.7. The molecule has 10 heteroatoms. The van der Waals surface area contributed by atoms with Crippen LogP contribution in [0.2, 0.25) is 0 Å². The second-order valence-corrected chi connectivity index (χ2v) is 5.98. The molecule has 10 nitrogen and oxygen atoms in total. The lowest BCUT2D eigenvalue weighted by Gasteiger charge is -2.23. The lowest BCUT2D eigenvalue weighted by Crippen LogP contribution is -2.36. The van der Waals surface area contributed by atoms with E-state index in [-0.39, 0.29) is 18.0 Å². The zero-order valence-corrected chi connectivity index (χ0v) is 14.6. The highest BCUT2D eigenvalue weighted by atomic mass is 16.5. The number of hydrogen-bond donors (Lipinski definition) is 7. The van der Waals surface area contributed by atoms with Crippen LogP contribution in [0.25, 0.3) is 0 Å². The Morgan fingerprint density at radius 2 is 1.38 bits per heavy atom. The lowest BCUT2D eigenvalue weighted by atomic mass is 10.0. The first-order valence-electron chi connectivity index (χ1n) is 8.42. The normalized spacial score (nSPS) is 18.8. The van der Waals surface area contributed by atoms with Crippen molar-refractivity contribution in [1.82, 2.24) is 9.97 Å². The molecule has 1 aromatic rings. The van der Waals surface area contributed by atoms with E-state index < -0.39 is 43.2 Å². The topological polar surface area (TPSA) is 177 Å². The maximum Gasteiger partial charge on any atom is 0.126 e. The van der Waals surface area contributed by atoms with Crippen LogP contribution in [0.1, 0.15) is 43.4 Å². The number of ether oxygens (including phenoxy) is 1. The van der Waals surface area contributed by atoms with E-state index in [0.29, 0.717) is 6.61 Å². The third kappa shape index (κ3) is 6.49. The minimum absolute atomic E-state index is 0.0572. The van der Waals surface area contributed by atoms with Gasteiger partial charge in [0.05, 0.1) is 37.0 Å². The highest BCUT2D eigenvalue weighted by Gasteiger charge is 2.29. The predicted molar refractivity (Wildman–Crippen MR) is 88.8 cm³/mol. The highest BCUT2D eigenvalue weighted by molar-refractivity contribution is 5.10. The van der Waals surface area contributed by atoms with Gasteiger partial charge in [0.2, 0.25) is 0 Å². The fraction of sp³-hybridized carbons (Fsp3) is 0.750. The quantitative estimate of drug-likeness (QED) is 0.198. The van der Waals surface area contributed by atoms with E-state index in [4.69, 9.17) is 9.84 Å². The minimum Gasteiger partial charge on any atom is -0.394 e. The number of aliphatic hydroxyl groups excluding tert-OH is 7. The molecule has 0 aliphatic heterocycles. The van der Waals surface area contributed by atoms with Gasteiger partial charge in [0.15, 0.2) is 0 Å². The summed E-state index contributed by atoms with van der Waals surface area (Å²) >= 11 is 0. The van der Waals surface area contributed by atoms with Crippen molar-refractivity contribution >= 4 is 0 Å². The van der Waals surface area contributed by atoms with Crippen molar-refractivity contribution in [3.8, 4) is 0 Å². The molecule has 1 rings (SSSR count). The van der Waals surface area contributed by atoms with Gasteiger partial charge in [-0.2, -0.15) is 0 Å². The van der Waals surface area contributed by atoms with Crippen molar-refractivity contribution in [2.45, 2.75) is 56.4 Å². The molecule has 0 bridgehead atoms. The maximum atomic E-state index is 10.1. The second kappa shape index (κ2) is 11.5. The van der Waals surface area contributed by atoms with Crippen molar-refractivity contribution in [2.24, 2.45) is 0 Å². The summed E-state index contributed by atoms with van der Waals surface area (Å²) in [4.78, 5) is 7.66. The summed E-state index contributed by atoms with van der Waals surface area (Å²) in [5.74, 6) is 0. The second-order valence-electron chi connectivity index (χ2n) is 5.98. The largest absolute Gasteiger partial charge is 0.394 e. The van der Waals surface area contributed by atoms with Crippen LogP contribution in [0.3, 0.4) is 0 Å². The molecule has 0 aromatic carbocycles. The van der Waals surface area contributed by atoms with E-state index in [1.807, 2.05) is 6.92 Å². The molecule has 0 amide bonds. The van der Waals surface area contributed by atoms with Crippen LogP contribution in [0, 0.1) is 0 Å². The summed E-state index contributed by atoms with van der Waals surface area (Å²) in [6, 6.07) is 0. The van der Waals surface area contributed by atoms with E-state index in [0.717, 1.165) is 25.2 Å². The van der Waals surface area contributed by atoms with Crippen molar-refractivity contribution in [3.63, 3.8) is 0 Å². The van der Waals surface area contributed by atoms with Crippen LogP contribution in [-0.4, -0.2) is 90.0 Å². The van der Waals surface area contributed by atoms with Crippen LogP contribution >= 0.6 is 0 Å². The number of rotatable bonds is 12. The standard InChI is InChI=1S/C16H28N2O8/c1-2-3-4-26-8-12(21)16(25)14(23)10-6-17-9(5-18-10)13(22)15(24)11(20)7-19/h5-6,11-16,19-25H,2-4,7-8H2,1H3. The average molecular weight is 376 g/mol. The average Bonchev–Trinajstić information content (AvgIpc) is 2.68. The Balaban J connectivity index is 2.66. The third-order valence-corrected chi connectivity index (χ3v) is 3.85. The van der Waals surface area contributed by atoms with E-state index in [9.17, 15) is 30.6 Å². The Kier molecular flexibility index (Phi) is 10.1. The Hall–Kier alpha value is -1.24. The molecule has 0 spiro atoms. The molecule has 0 saturated carbocycles. The van der Waals surface area contributed by atoms with Gasteiger partial charge in [-0.15, -0.1) is 0 Å². The summed E-state index contributed by atoms with van der Waals surface area (Å²) in [6.07, 6.45) is -5.37. The summed E-state index contributed by atoms with van der Waals surface area (Å²) < 4.78 is 5.19. The summed E-state index contributed by atoms with van der Waals surface area (Å²) in [5, 5.41) is 67.5. The molecule has 6 unspecified atom stereocenters. The Labute approximate surface area is 151 Å². The van der Waals surface area contributed by atoms with E-state index in [1.54, 1.807) is 0 Å². The molecule has 26 heavy (non-hydrogen) atoms. The third-order valence-electron chi connectivity index (χ3n) is 3.85. The first-order chi connectivity index (χ1) is 12.3. The summed E-state index contributed by atoms with van der Waals surface area (Å²) in [6.45, 7) is 1.53. The number of unbranched alkanes of at least 4 members (excludes halogenated alkanes) is 1. The Bertz CT molecular complexity index is 504. The summed E-state index contributed by atoms with van der Waals surface area (Å²) in [7, 11) is 0. The number of aromatic nitrogens is 2. The number of nitrogens with zero attached hydrogens (tertiary/aromatic N) is 2. The van der Waals surface area contributed by atoms with Crippen LogP contribution in [0.15, 0.2) is 12.4 Å². The summed E-state index contributed by atoms with van der Waals surface area (Å²) in [5.41, 5.74) is -0.155. The molecule has 0 aliphatic carbocycles. The number of aliphatic hydroxyl groups is 7. The molecule has 0 aliphatic rings. The van der Waals surface area contributed by atoms with Gasteiger partial charge < -0.3 is 40.5 Å². The fourth-order valence-electron chi connectivity index (χ4n) is 2.08.